The molecule has 0 amide bonds. The van der Waals surface area contributed by atoms with Crippen LogP contribution >= 0.6 is 11.3 Å². The molecule has 92 valence electrons. The minimum Gasteiger partial charge on any atom is -0.492 e. The van der Waals surface area contributed by atoms with Gasteiger partial charge >= 0.3 is 5.97 Å². The minimum absolute atomic E-state index is 0.319. The Hall–Kier alpha value is -1.81. The number of carboxylic acids is 1. The third-order valence-corrected chi connectivity index (χ3v) is 4.10. The molecule has 18 heavy (non-hydrogen) atoms. The van der Waals surface area contributed by atoms with Crippen molar-refractivity contribution in [3.05, 3.63) is 51.7 Å². The Labute approximate surface area is 109 Å². The third kappa shape index (κ3) is 1.99. The van der Waals surface area contributed by atoms with Gasteiger partial charge in [-0.05, 0) is 17.5 Å². The van der Waals surface area contributed by atoms with Gasteiger partial charge in [0.25, 0.3) is 0 Å². The smallest absolute Gasteiger partial charge is 0.346 e. The maximum atomic E-state index is 10.7. The lowest BCUT2D eigenvalue weighted by atomic mass is 9.78. The van der Waals surface area contributed by atoms with E-state index in [4.69, 9.17) is 9.84 Å². The monoisotopic (exact) mass is 260 g/mol. The van der Waals surface area contributed by atoms with E-state index in [9.17, 15) is 4.79 Å². The number of fused-ring (bicyclic) bond motifs is 1. The van der Waals surface area contributed by atoms with Crippen molar-refractivity contribution in [2.24, 2.45) is 0 Å². The van der Waals surface area contributed by atoms with Crippen molar-refractivity contribution in [1.29, 1.82) is 0 Å². The van der Waals surface area contributed by atoms with E-state index in [1.54, 1.807) is 11.4 Å². The van der Waals surface area contributed by atoms with Crippen LogP contribution in [0.2, 0.25) is 0 Å². The van der Waals surface area contributed by atoms with E-state index < -0.39 is 5.97 Å². The molecule has 0 saturated carbocycles. The molecule has 0 aliphatic heterocycles. The zero-order valence-corrected chi connectivity index (χ0v) is 10.4. The molecule has 4 heteroatoms. The van der Waals surface area contributed by atoms with Crippen LogP contribution in [0.25, 0.3) is 0 Å². The molecule has 0 bridgehead atoms. The molecule has 1 aliphatic rings. The van der Waals surface area contributed by atoms with E-state index in [1.165, 1.54) is 22.5 Å². The number of hydrogen-bond acceptors (Lipinski definition) is 3. The van der Waals surface area contributed by atoms with Gasteiger partial charge in [0.05, 0.1) is 6.61 Å². The second-order valence-corrected chi connectivity index (χ2v) is 5.27. The summed E-state index contributed by atoms with van der Waals surface area (Å²) in [6.07, 6.45) is 1.05. The van der Waals surface area contributed by atoms with Crippen LogP contribution in [0.5, 0.6) is 5.75 Å². The van der Waals surface area contributed by atoms with Gasteiger partial charge < -0.3 is 9.84 Å². The number of thiophene rings is 1. The van der Waals surface area contributed by atoms with E-state index in [0.29, 0.717) is 23.2 Å². The van der Waals surface area contributed by atoms with Crippen molar-refractivity contribution >= 4 is 17.3 Å². The molecule has 2 aromatic rings. The number of aromatic carboxylic acids is 1. The molecule has 3 nitrogen and oxygen atoms in total. The first-order chi connectivity index (χ1) is 8.74. The molecule has 0 spiro atoms. The molecule has 1 aliphatic carbocycles. The Morgan fingerprint density at radius 1 is 1.44 bits per heavy atom. The van der Waals surface area contributed by atoms with E-state index >= 15 is 0 Å². The molecule has 0 saturated heterocycles. The Morgan fingerprint density at radius 2 is 2.28 bits per heavy atom. The summed E-state index contributed by atoms with van der Waals surface area (Å²) in [5, 5.41) is 10.6. The zero-order chi connectivity index (χ0) is 12.5. The Balaban J connectivity index is 1.61. The van der Waals surface area contributed by atoms with Crippen molar-refractivity contribution in [3.63, 3.8) is 0 Å². The highest BCUT2D eigenvalue weighted by atomic mass is 32.1. The summed E-state index contributed by atoms with van der Waals surface area (Å²) in [7, 11) is 0. The fourth-order valence-electron chi connectivity index (χ4n) is 2.21. The van der Waals surface area contributed by atoms with Crippen LogP contribution in [0.15, 0.2) is 35.7 Å². The van der Waals surface area contributed by atoms with Crippen molar-refractivity contribution < 1.29 is 14.6 Å². The molecule has 1 atom stereocenters. The molecule has 1 unspecified atom stereocenters. The van der Waals surface area contributed by atoms with E-state index in [-0.39, 0.29) is 0 Å². The first-order valence-electron chi connectivity index (χ1n) is 5.76. The highest BCUT2D eigenvalue weighted by molar-refractivity contribution is 7.12. The number of benzene rings is 1. The van der Waals surface area contributed by atoms with Gasteiger partial charge in [0.1, 0.15) is 10.6 Å². The fraction of sp³-hybridized carbons (Fsp3) is 0.214. The van der Waals surface area contributed by atoms with Gasteiger partial charge in [-0.15, -0.1) is 11.3 Å². The quantitative estimate of drug-likeness (QED) is 0.918. The fourth-order valence-corrected chi connectivity index (χ4v) is 2.88. The summed E-state index contributed by atoms with van der Waals surface area (Å²) in [6, 6.07) is 9.94. The van der Waals surface area contributed by atoms with Crippen LogP contribution in [0.4, 0.5) is 0 Å². The van der Waals surface area contributed by atoms with Crippen LogP contribution in [0, 0.1) is 0 Å². The average Bonchev–Trinajstić information content (AvgIpc) is 2.79. The van der Waals surface area contributed by atoms with Crippen LogP contribution in [0.1, 0.15) is 26.7 Å². The highest BCUT2D eigenvalue weighted by Gasteiger charge is 2.25. The molecular formula is C14H12O3S. The standard InChI is InChI=1S/C14H12O3S/c15-14(16)13-6-11(8-18-13)17-7-10-5-9-3-1-2-4-12(9)10/h1-4,6,8,10H,5,7H2,(H,15,16). The predicted octanol–water partition coefficient (Wildman–Crippen LogP) is 3.17. The summed E-state index contributed by atoms with van der Waals surface area (Å²) >= 11 is 1.20. The van der Waals surface area contributed by atoms with Crippen molar-refractivity contribution in [1.82, 2.24) is 0 Å². The first kappa shape index (κ1) is 11.3. The molecular weight excluding hydrogens is 248 g/mol. The van der Waals surface area contributed by atoms with E-state index in [2.05, 4.69) is 12.1 Å². The molecule has 1 aromatic heterocycles. The lowest BCUT2D eigenvalue weighted by Crippen LogP contribution is -2.22. The zero-order valence-electron chi connectivity index (χ0n) is 9.63. The normalized spacial score (nSPS) is 16.8. The number of rotatable bonds is 4. The van der Waals surface area contributed by atoms with E-state index in [1.807, 2.05) is 12.1 Å². The van der Waals surface area contributed by atoms with Gasteiger partial charge in [-0.3, -0.25) is 0 Å². The summed E-state index contributed by atoms with van der Waals surface area (Å²) < 4.78 is 5.64. The minimum atomic E-state index is -0.899. The Morgan fingerprint density at radius 3 is 3.00 bits per heavy atom. The van der Waals surface area contributed by atoms with E-state index in [0.717, 1.165) is 6.42 Å². The topological polar surface area (TPSA) is 46.5 Å². The summed E-state index contributed by atoms with van der Waals surface area (Å²) in [4.78, 5) is 11.1. The van der Waals surface area contributed by atoms with Crippen molar-refractivity contribution in [3.8, 4) is 5.75 Å². The molecule has 1 heterocycles. The second-order valence-electron chi connectivity index (χ2n) is 4.36. The van der Waals surface area contributed by atoms with Gasteiger partial charge in [-0.25, -0.2) is 4.79 Å². The SMILES string of the molecule is O=C(O)c1cc(OCC2Cc3ccccc32)cs1. The van der Waals surface area contributed by atoms with Gasteiger partial charge in [0.2, 0.25) is 0 Å². The number of ether oxygens (including phenoxy) is 1. The molecule has 1 N–H and O–H groups in total. The van der Waals surface area contributed by atoms with Crippen LogP contribution in [-0.4, -0.2) is 17.7 Å². The number of hydrogen-bond donors (Lipinski definition) is 1. The molecule has 1 aromatic carbocycles. The summed E-state index contributed by atoms with van der Waals surface area (Å²) in [5.74, 6) is 0.194. The van der Waals surface area contributed by atoms with Crippen LogP contribution in [-0.2, 0) is 6.42 Å². The number of carbonyl (C=O) groups is 1. The Bertz CT molecular complexity index is 588. The van der Waals surface area contributed by atoms with Gasteiger partial charge in [-0.1, -0.05) is 24.3 Å². The van der Waals surface area contributed by atoms with Crippen LogP contribution < -0.4 is 4.74 Å². The first-order valence-corrected chi connectivity index (χ1v) is 6.64. The molecule has 0 radical (unpaired) electrons. The molecule has 3 rings (SSSR count). The average molecular weight is 260 g/mol. The lowest BCUT2D eigenvalue weighted by Gasteiger charge is -2.29. The number of carboxylic acid groups (broad SMARTS) is 1. The van der Waals surface area contributed by atoms with Gasteiger partial charge in [-0.2, -0.15) is 0 Å². The van der Waals surface area contributed by atoms with Crippen LogP contribution in [0.3, 0.4) is 0 Å². The summed E-state index contributed by atoms with van der Waals surface area (Å²) in [5.41, 5.74) is 2.74. The maximum absolute atomic E-state index is 10.7. The second kappa shape index (κ2) is 4.46. The maximum Gasteiger partial charge on any atom is 0.346 e. The van der Waals surface area contributed by atoms with Crippen molar-refractivity contribution in [2.45, 2.75) is 12.3 Å². The van der Waals surface area contributed by atoms with Gasteiger partial charge in [0, 0.05) is 17.4 Å². The molecule has 0 fully saturated rings. The summed E-state index contributed by atoms with van der Waals surface area (Å²) in [6.45, 7) is 0.618. The third-order valence-electron chi connectivity index (χ3n) is 3.20. The van der Waals surface area contributed by atoms with Crippen molar-refractivity contribution in [2.75, 3.05) is 6.61 Å². The highest BCUT2D eigenvalue weighted by Crippen LogP contribution is 2.35. The Kier molecular flexibility index (Phi) is 2.80. The van der Waals surface area contributed by atoms with Gasteiger partial charge in [0.15, 0.2) is 0 Å². The predicted molar refractivity (Wildman–Crippen MR) is 69.7 cm³/mol. The largest absolute Gasteiger partial charge is 0.492 e. The lowest BCUT2D eigenvalue weighted by molar-refractivity contribution is 0.0702.